The van der Waals surface area contributed by atoms with E-state index in [1.165, 1.54) is 0 Å². The van der Waals surface area contributed by atoms with Crippen LogP contribution in [0.15, 0.2) is 30.3 Å². The summed E-state index contributed by atoms with van der Waals surface area (Å²) in [5.41, 5.74) is 0. The van der Waals surface area contributed by atoms with Crippen LogP contribution < -0.4 is 3.61 Å². The third-order valence-corrected chi connectivity index (χ3v) is 9.00. The van der Waals surface area contributed by atoms with Crippen LogP contribution in [0.2, 0.25) is 13.1 Å². The molecular weight excluding hydrogens is 252 g/mol. The van der Waals surface area contributed by atoms with Crippen molar-refractivity contribution in [3.8, 4) is 0 Å². The third-order valence-electron chi connectivity index (χ3n) is 1.11. The van der Waals surface area contributed by atoms with Gasteiger partial charge in [-0.25, -0.2) is 0 Å². The fourth-order valence-electron chi connectivity index (χ4n) is 0.771. The van der Waals surface area contributed by atoms with Crippen molar-refractivity contribution in [3.63, 3.8) is 0 Å². The van der Waals surface area contributed by atoms with Gasteiger partial charge in [-0.3, -0.25) is 0 Å². The summed E-state index contributed by atoms with van der Waals surface area (Å²) in [4.78, 5) is 0. The van der Waals surface area contributed by atoms with Crippen molar-refractivity contribution < 1.29 is 0 Å². The molecule has 0 atom stereocenters. The van der Waals surface area contributed by atoms with E-state index in [0.29, 0.717) is 0 Å². The molecule has 54 valence electrons. The van der Waals surface area contributed by atoms with Crippen LogP contribution in [0.1, 0.15) is 0 Å². The maximum atomic E-state index is 2.44. The van der Waals surface area contributed by atoms with Gasteiger partial charge in [-0.05, 0) is 0 Å². The zero-order valence-electron chi connectivity index (χ0n) is 6.37. The molecule has 0 aromatic heterocycles. The first-order valence-corrected chi connectivity index (χ1v) is 11.5. The molecule has 10 heavy (non-hydrogen) atoms. The Bertz CT molecular complexity index is 184. The molecule has 0 spiro atoms. The van der Waals surface area contributed by atoms with Crippen LogP contribution in [0.25, 0.3) is 0 Å². The van der Waals surface area contributed by atoms with Gasteiger partial charge >= 0.3 is 73.5 Å². The molecule has 0 saturated carbocycles. The van der Waals surface area contributed by atoms with Crippen LogP contribution in [0.4, 0.5) is 0 Å². The van der Waals surface area contributed by atoms with Gasteiger partial charge in [0, 0.05) is 0 Å². The molecule has 0 saturated heterocycles. The van der Waals surface area contributed by atoms with Crippen molar-refractivity contribution in [2.75, 3.05) is 0 Å². The van der Waals surface area contributed by atoms with E-state index in [0.717, 1.165) is 0 Å². The summed E-state index contributed by atoms with van der Waals surface area (Å²) in [6.45, 7) is 4.88. The van der Waals surface area contributed by atoms with E-state index in [1.807, 2.05) is 0 Å². The van der Waals surface area contributed by atoms with Crippen molar-refractivity contribution >= 4 is 30.1 Å². The first kappa shape index (κ1) is 8.32. The van der Waals surface area contributed by atoms with Gasteiger partial charge in [0.05, 0.1) is 0 Å². The van der Waals surface area contributed by atoms with E-state index in [4.69, 9.17) is 0 Å². The van der Waals surface area contributed by atoms with E-state index in [1.54, 1.807) is 3.61 Å². The second-order valence-corrected chi connectivity index (χ2v) is 16.2. The van der Waals surface area contributed by atoms with Gasteiger partial charge in [0.1, 0.15) is 0 Å². The average Bonchev–Trinajstić information content (AvgIpc) is 1.88. The first-order chi connectivity index (χ1) is 4.79. The quantitative estimate of drug-likeness (QED) is 0.699. The van der Waals surface area contributed by atoms with Crippen LogP contribution in [0, 0.1) is 0 Å². The molecule has 0 unspecified atom stereocenters. The van der Waals surface area contributed by atoms with Gasteiger partial charge in [0.15, 0.2) is 0 Å². The van der Waals surface area contributed by atoms with Gasteiger partial charge in [-0.1, -0.05) is 0 Å². The standard InChI is InChI=1S/C8H12SiTe/c1-9(2)10-8-6-4-3-5-7-8/h3-7,9H,1-2H3. The van der Waals surface area contributed by atoms with Gasteiger partial charge < -0.3 is 0 Å². The van der Waals surface area contributed by atoms with Gasteiger partial charge in [-0.15, -0.1) is 0 Å². The van der Waals surface area contributed by atoms with E-state index in [9.17, 15) is 0 Å². The summed E-state index contributed by atoms with van der Waals surface area (Å²) in [5, 5.41) is 0. The summed E-state index contributed by atoms with van der Waals surface area (Å²) in [6, 6.07) is 10.9. The third kappa shape index (κ3) is 2.87. The van der Waals surface area contributed by atoms with Gasteiger partial charge in [-0.2, -0.15) is 0 Å². The number of benzene rings is 1. The molecule has 0 aliphatic carbocycles. The van der Waals surface area contributed by atoms with Crippen molar-refractivity contribution in [2.45, 2.75) is 13.1 Å². The molecule has 0 aliphatic rings. The predicted molar refractivity (Wildman–Crippen MR) is 50.7 cm³/mol. The Kier molecular flexibility index (Phi) is 3.48. The molecule has 2 heteroatoms. The summed E-state index contributed by atoms with van der Waals surface area (Å²) in [6.07, 6.45) is -0.267. The molecular formula is C8H12SiTe. The predicted octanol–water partition coefficient (Wildman–Crippen LogP) is 0.999. The average molecular weight is 264 g/mol. The number of rotatable bonds is 2. The van der Waals surface area contributed by atoms with Crippen molar-refractivity contribution in [2.24, 2.45) is 0 Å². The van der Waals surface area contributed by atoms with Crippen molar-refractivity contribution in [3.05, 3.63) is 30.3 Å². The molecule has 0 amide bonds. The Hall–Kier alpha value is 0.226. The second-order valence-electron chi connectivity index (χ2n) is 2.48. The summed E-state index contributed by atoms with van der Waals surface area (Å²) < 4.78 is 1.63. The van der Waals surface area contributed by atoms with E-state index in [2.05, 4.69) is 43.4 Å². The summed E-state index contributed by atoms with van der Waals surface area (Å²) in [7, 11) is 0. The summed E-state index contributed by atoms with van der Waals surface area (Å²) >= 11 is 0.237. The Balaban J connectivity index is 2.59. The maximum absolute atomic E-state index is 2.44. The zero-order valence-corrected chi connectivity index (χ0v) is 9.86. The zero-order chi connectivity index (χ0) is 7.40. The molecule has 0 N–H and O–H groups in total. The van der Waals surface area contributed by atoms with Crippen LogP contribution in [-0.4, -0.2) is 26.5 Å². The van der Waals surface area contributed by atoms with Crippen molar-refractivity contribution in [1.29, 1.82) is 0 Å². The molecule has 1 aromatic carbocycles. The first-order valence-electron chi connectivity index (χ1n) is 3.51. The Morgan fingerprint density at radius 1 is 1.10 bits per heavy atom. The molecule has 1 rings (SSSR count). The van der Waals surface area contributed by atoms with Gasteiger partial charge in [0.25, 0.3) is 0 Å². The van der Waals surface area contributed by atoms with Crippen molar-refractivity contribution in [1.82, 2.24) is 0 Å². The van der Waals surface area contributed by atoms with Crippen LogP contribution in [-0.2, 0) is 0 Å². The second kappa shape index (κ2) is 4.18. The van der Waals surface area contributed by atoms with E-state index >= 15 is 0 Å². The number of hydrogen-bond donors (Lipinski definition) is 0. The Labute approximate surface area is 73.4 Å². The van der Waals surface area contributed by atoms with E-state index in [-0.39, 0.29) is 26.5 Å². The van der Waals surface area contributed by atoms with E-state index < -0.39 is 0 Å². The van der Waals surface area contributed by atoms with Crippen LogP contribution in [0.3, 0.4) is 0 Å². The topological polar surface area (TPSA) is 0 Å². The Morgan fingerprint density at radius 2 is 1.70 bits per heavy atom. The van der Waals surface area contributed by atoms with Gasteiger partial charge in [0.2, 0.25) is 0 Å². The molecule has 0 nitrogen and oxygen atoms in total. The molecule has 0 fully saturated rings. The molecule has 1 aromatic rings. The monoisotopic (exact) mass is 266 g/mol. The number of hydrogen-bond acceptors (Lipinski definition) is 0. The van der Waals surface area contributed by atoms with Crippen LogP contribution >= 0.6 is 0 Å². The minimum absolute atomic E-state index is 0.237. The fourth-order valence-corrected chi connectivity index (χ4v) is 7.93. The van der Waals surface area contributed by atoms with Crippen LogP contribution in [0.5, 0.6) is 0 Å². The summed E-state index contributed by atoms with van der Waals surface area (Å²) in [5.74, 6) is 0. The Morgan fingerprint density at radius 3 is 2.20 bits per heavy atom. The minimum atomic E-state index is -0.267. The molecule has 0 heterocycles. The molecule has 0 bridgehead atoms. The SMILES string of the molecule is C[SiH](C)[Te]c1ccccc1. The molecule has 0 radical (unpaired) electrons. The molecule has 0 aliphatic heterocycles. The normalized spacial score (nSPS) is 10.3. The fraction of sp³-hybridized carbons (Fsp3) is 0.250.